The summed E-state index contributed by atoms with van der Waals surface area (Å²) in [6.07, 6.45) is 2.65. The number of nitrogens with one attached hydrogen (secondary N) is 2. The van der Waals surface area contributed by atoms with E-state index < -0.39 is 0 Å². The van der Waals surface area contributed by atoms with Gasteiger partial charge < -0.3 is 5.32 Å². The number of amides is 1. The van der Waals surface area contributed by atoms with E-state index in [4.69, 9.17) is 0 Å². The highest BCUT2D eigenvalue weighted by atomic mass is 16.1. The standard InChI is InChI=1S/C24H27N3O/c1-24(2,3)19-13-11-18(12-14-19)22-23(21(26-27-22)17-9-10-17)25-20(28)15-16-7-5-4-6-8-16/h4-8,11-14,17H,9-10,15H2,1-3H3,(H,25,28)(H,26,27). The van der Waals surface area contributed by atoms with Gasteiger partial charge in [0.1, 0.15) is 5.69 Å². The van der Waals surface area contributed by atoms with Crippen LogP contribution in [0.25, 0.3) is 11.3 Å². The molecule has 3 aromatic rings. The van der Waals surface area contributed by atoms with Crippen LogP contribution >= 0.6 is 0 Å². The van der Waals surface area contributed by atoms with Gasteiger partial charge in [0.05, 0.1) is 17.8 Å². The minimum absolute atomic E-state index is 0.0120. The molecule has 28 heavy (non-hydrogen) atoms. The number of rotatable bonds is 5. The molecule has 1 amide bonds. The molecule has 0 aliphatic heterocycles. The van der Waals surface area contributed by atoms with E-state index in [2.05, 4.69) is 60.6 Å². The number of aromatic amines is 1. The first-order valence-electron chi connectivity index (χ1n) is 9.95. The molecule has 0 unspecified atom stereocenters. The van der Waals surface area contributed by atoms with Gasteiger partial charge in [0.2, 0.25) is 5.91 Å². The van der Waals surface area contributed by atoms with Crippen LogP contribution in [-0.4, -0.2) is 16.1 Å². The second kappa shape index (κ2) is 7.27. The van der Waals surface area contributed by atoms with E-state index in [0.717, 1.165) is 41.0 Å². The molecular formula is C24H27N3O. The smallest absolute Gasteiger partial charge is 0.228 e. The Bertz CT molecular complexity index is 961. The fourth-order valence-electron chi connectivity index (χ4n) is 3.45. The Morgan fingerprint density at radius 2 is 1.75 bits per heavy atom. The third-order valence-corrected chi connectivity index (χ3v) is 5.28. The summed E-state index contributed by atoms with van der Waals surface area (Å²) in [4.78, 5) is 12.7. The van der Waals surface area contributed by atoms with Crippen molar-refractivity contribution in [1.82, 2.24) is 10.2 Å². The highest BCUT2D eigenvalue weighted by molar-refractivity contribution is 5.96. The third kappa shape index (κ3) is 4.01. The van der Waals surface area contributed by atoms with Gasteiger partial charge >= 0.3 is 0 Å². The molecule has 0 atom stereocenters. The summed E-state index contributed by atoms with van der Waals surface area (Å²) in [5.41, 5.74) is 6.13. The first kappa shape index (κ1) is 18.5. The van der Waals surface area contributed by atoms with Crippen LogP contribution in [0.3, 0.4) is 0 Å². The Kier molecular flexibility index (Phi) is 4.80. The molecule has 1 fully saturated rings. The Balaban J connectivity index is 1.61. The molecule has 1 aromatic heterocycles. The van der Waals surface area contributed by atoms with Crippen molar-refractivity contribution in [3.05, 3.63) is 71.4 Å². The number of anilines is 1. The Labute approximate surface area is 166 Å². The summed E-state index contributed by atoms with van der Waals surface area (Å²) in [5, 5.41) is 10.9. The summed E-state index contributed by atoms with van der Waals surface area (Å²) >= 11 is 0. The van der Waals surface area contributed by atoms with E-state index in [1.165, 1.54) is 5.56 Å². The lowest BCUT2D eigenvalue weighted by Crippen LogP contribution is -2.15. The molecular weight excluding hydrogens is 346 g/mol. The molecule has 0 radical (unpaired) electrons. The second-order valence-corrected chi connectivity index (χ2v) is 8.67. The van der Waals surface area contributed by atoms with E-state index >= 15 is 0 Å². The van der Waals surface area contributed by atoms with Crippen molar-refractivity contribution in [1.29, 1.82) is 0 Å². The largest absolute Gasteiger partial charge is 0.322 e. The third-order valence-electron chi connectivity index (χ3n) is 5.28. The van der Waals surface area contributed by atoms with Gasteiger partial charge in [-0.2, -0.15) is 5.10 Å². The minimum atomic E-state index is -0.0120. The predicted octanol–water partition coefficient (Wildman–Crippen LogP) is 5.43. The molecule has 0 spiro atoms. The van der Waals surface area contributed by atoms with Crippen LogP contribution < -0.4 is 5.32 Å². The maximum Gasteiger partial charge on any atom is 0.228 e. The van der Waals surface area contributed by atoms with Crippen LogP contribution in [-0.2, 0) is 16.6 Å². The van der Waals surface area contributed by atoms with Crippen molar-refractivity contribution in [2.45, 2.75) is 51.4 Å². The van der Waals surface area contributed by atoms with E-state index in [0.29, 0.717) is 12.3 Å². The van der Waals surface area contributed by atoms with Gasteiger partial charge in [-0.3, -0.25) is 9.89 Å². The average Bonchev–Trinajstić information content (AvgIpc) is 3.43. The zero-order chi connectivity index (χ0) is 19.7. The normalized spacial score (nSPS) is 14.1. The predicted molar refractivity (Wildman–Crippen MR) is 113 cm³/mol. The van der Waals surface area contributed by atoms with E-state index in [1.807, 2.05) is 30.3 Å². The van der Waals surface area contributed by atoms with E-state index in [9.17, 15) is 4.79 Å². The van der Waals surface area contributed by atoms with Crippen molar-refractivity contribution in [2.24, 2.45) is 0 Å². The quantitative estimate of drug-likeness (QED) is 0.626. The molecule has 1 saturated carbocycles. The number of carbonyl (C=O) groups is 1. The van der Waals surface area contributed by atoms with Gasteiger partial charge in [-0.25, -0.2) is 0 Å². The van der Waals surface area contributed by atoms with Gasteiger partial charge in [0.15, 0.2) is 0 Å². The number of carbonyl (C=O) groups excluding carboxylic acids is 1. The van der Waals surface area contributed by atoms with Gasteiger partial charge in [0.25, 0.3) is 0 Å². The molecule has 1 aliphatic carbocycles. The van der Waals surface area contributed by atoms with Crippen LogP contribution in [0.1, 0.15) is 56.4 Å². The van der Waals surface area contributed by atoms with Gasteiger partial charge in [0, 0.05) is 11.5 Å². The highest BCUT2D eigenvalue weighted by Gasteiger charge is 2.31. The maximum absolute atomic E-state index is 12.7. The van der Waals surface area contributed by atoms with Gasteiger partial charge in [-0.1, -0.05) is 75.4 Å². The SMILES string of the molecule is CC(C)(C)c1ccc(-c2n[nH]c(C3CC3)c2NC(=O)Cc2ccccc2)cc1. The zero-order valence-electron chi connectivity index (χ0n) is 16.8. The number of hydrogen-bond donors (Lipinski definition) is 2. The van der Waals surface area contributed by atoms with Crippen molar-refractivity contribution < 1.29 is 4.79 Å². The molecule has 0 saturated heterocycles. The fourth-order valence-corrected chi connectivity index (χ4v) is 3.45. The number of H-pyrrole nitrogens is 1. The van der Waals surface area contributed by atoms with E-state index in [1.54, 1.807) is 0 Å². The topological polar surface area (TPSA) is 57.8 Å². The molecule has 1 aliphatic rings. The molecule has 144 valence electrons. The molecule has 2 N–H and O–H groups in total. The minimum Gasteiger partial charge on any atom is -0.322 e. The van der Waals surface area contributed by atoms with Crippen molar-refractivity contribution >= 4 is 11.6 Å². The van der Waals surface area contributed by atoms with Crippen LogP contribution in [0.4, 0.5) is 5.69 Å². The zero-order valence-corrected chi connectivity index (χ0v) is 16.8. The first-order chi connectivity index (χ1) is 13.4. The van der Waals surface area contributed by atoms with Crippen molar-refractivity contribution in [2.75, 3.05) is 5.32 Å². The van der Waals surface area contributed by atoms with Gasteiger partial charge in [-0.15, -0.1) is 0 Å². The van der Waals surface area contributed by atoms with Crippen molar-refractivity contribution in [3.63, 3.8) is 0 Å². The molecule has 0 bridgehead atoms. The highest BCUT2D eigenvalue weighted by Crippen LogP contribution is 2.45. The van der Waals surface area contributed by atoms with Crippen molar-refractivity contribution in [3.8, 4) is 11.3 Å². The summed E-state index contributed by atoms with van der Waals surface area (Å²) < 4.78 is 0. The lowest BCUT2D eigenvalue weighted by molar-refractivity contribution is -0.115. The Morgan fingerprint density at radius 3 is 2.36 bits per heavy atom. The Morgan fingerprint density at radius 1 is 1.07 bits per heavy atom. The molecule has 2 aromatic carbocycles. The van der Waals surface area contributed by atoms with Crippen LogP contribution in [0, 0.1) is 0 Å². The lowest BCUT2D eigenvalue weighted by atomic mass is 9.86. The van der Waals surface area contributed by atoms with Gasteiger partial charge in [-0.05, 0) is 29.4 Å². The fraction of sp³-hybridized carbons (Fsp3) is 0.333. The first-order valence-corrected chi connectivity index (χ1v) is 9.95. The number of nitrogens with zero attached hydrogens (tertiary/aromatic N) is 1. The molecule has 4 nitrogen and oxygen atoms in total. The lowest BCUT2D eigenvalue weighted by Gasteiger charge is -2.19. The summed E-state index contributed by atoms with van der Waals surface area (Å²) in [6, 6.07) is 18.3. The van der Waals surface area contributed by atoms with E-state index in [-0.39, 0.29) is 11.3 Å². The summed E-state index contributed by atoms with van der Waals surface area (Å²) in [6.45, 7) is 6.62. The molecule has 4 rings (SSSR count). The molecule has 4 heteroatoms. The van der Waals surface area contributed by atoms with Crippen LogP contribution in [0.2, 0.25) is 0 Å². The number of benzene rings is 2. The maximum atomic E-state index is 12.7. The average molecular weight is 374 g/mol. The van der Waals surface area contributed by atoms with Crippen LogP contribution in [0.15, 0.2) is 54.6 Å². The summed E-state index contributed by atoms with van der Waals surface area (Å²) in [7, 11) is 0. The second-order valence-electron chi connectivity index (χ2n) is 8.67. The number of hydrogen-bond acceptors (Lipinski definition) is 2. The monoisotopic (exact) mass is 373 g/mol. The van der Waals surface area contributed by atoms with Crippen LogP contribution in [0.5, 0.6) is 0 Å². The summed E-state index contributed by atoms with van der Waals surface area (Å²) in [5.74, 6) is 0.462. The molecule has 1 heterocycles. The number of aromatic nitrogens is 2. The Hall–Kier alpha value is -2.88.